The number of benzene rings is 1. The van der Waals surface area contributed by atoms with Gasteiger partial charge in [0.05, 0.1) is 6.61 Å². The van der Waals surface area contributed by atoms with Gasteiger partial charge in [0.25, 0.3) is 0 Å². The largest absolute Gasteiger partial charge is 0.491 e. The Morgan fingerprint density at radius 1 is 1.43 bits per heavy atom. The van der Waals surface area contributed by atoms with Crippen LogP contribution in [0, 0.1) is 0 Å². The van der Waals surface area contributed by atoms with Gasteiger partial charge in [-0.3, -0.25) is 9.69 Å². The first-order valence-electron chi connectivity index (χ1n) is 6.87. The first kappa shape index (κ1) is 17.9. The monoisotopic (exact) mass is 359 g/mol. The normalized spacial score (nSPS) is 12.4. The minimum absolute atomic E-state index is 0.473. The molecule has 0 heterocycles. The Bertz CT molecular complexity index is 467. The van der Waals surface area contributed by atoms with Crippen molar-refractivity contribution in [1.82, 2.24) is 4.90 Å². The van der Waals surface area contributed by atoms with Crippen LogP contribution in [0.5, 0.6) is 5.75 Å². The number of halogens is 1. The van der Waals surface area contributed by atoms with Gasteiger partial charge in [0, 0.05) is 23.2 Å². The quantitative estimate of drug-likeness (QED) is 0.687. The predicted octanol–water partition coefficient (Wildman–Crippen LogP) is 2.77. The number of rotatable bonds is 9. The van der Waals surface area contributed by atoms with Crippen LogP contribution < -0.4 is 4.74 Å². The van der Waals surface area contributed by atoms with E-state index in [9.17, 15) is 4.79 Å². The molecular formula is C15H22BrNO4. The SMILES string of the molecule is CCOCCOc1ccc(Br)cc1CN(C)C(C)C(=O)O. The molecule has 1 atom stereocenters. The average molecular weight is 360 g/mol. The maximum Gasteiger partial charge on any atom is 0.320 e. The molecule has 1 N–H and O–H groups in total. The molecule has 6 heteroatoms. The summed E-state index contributed by atoms with van der Waals surface area (Å²) < 4.78 is 11.9. The number of ether oxygens (including phenoxy) is 2. The van der Waals surface area contributed by atoms with Crippen LogP contribution in [0.1, 0.15) is 19.4 Å². The number of likely N-dealkylation sites (N-methyl/N-ethyl adjacent to an activating group) is 1. The zero-order chi connectivity index (χ0) is 15.8. The minimum Gasteiger partial charge on any atom is -0.491 e. The van der Waals surface area contributed by atoms with Crippen LogP contribution in [0.25, 0.3) is 0 Å². The van der Waals surface area contributed by atoms with E-state index in [0.717, 1.165) is 15.8 Å². The van der Waals surface area contributed by atoms with Crippen LogP contribution in [0.3, 0.4) is 0 Å². The molecule has 0 amide bonds. The van der Waals surface area contributed by atoms with Crippen LogP contribution in [0.15, 0.2) is 22.7 Å². The fourth-order valence-corrected chi connectivity index (χ4v) is 2.17. The van der Waals surface area contributed by atoms with Crippen LogP contribution in [0.2, 0.25) is 0 Å². The lowest BCUT2D eigenvalue weighted by Crippen LogP contribution is -2.35. The van der Waals surface area contributed by atoms with Crippen molar-refractivity contribution < 1.29 is 19.4 Å². The Morgan fingerprint density at radius 3 is 2.76 bits per heavy atom. The highest BCUT2D eigenvalue weighted by molar-refractivity contribution is 9.10. The molecule has 0 bridgehead atoms. The van der Waals surface area contributed by atoms with Crippen molar-refractivity contribution in [2.24, 2.45) is 0 Å². The van der Waals surface area contributed by atoms with Gasteiger partial charge in [-0.2, -0.15) is 0 Å². The standard InChI is InChI=1S/C15H22BrNO4/c1-4-20-7-8-21-14-6-5-13(16)9-12(14)10-17(3)11(2)15(18)19/h5-6,9,11H,4,7-8,10H2,1-3H3,(H,18,19). The number of nitrogens with zero attached hydrogens (tertiary/aromatic N) is 1. The van der Waals surface area contributed by atoms with E-state index in [0.29, 0.717) is 26.4 Å². The summed E-state index contributed by atoms with van der Waals surface area (Å²) in [5, 5.41) is 9.06. The molecule has 1 aromatic carbocycles. The lowest BCUT2D eigenvalue weighted by molar-refractivity contribution is -0.142. The fourth-order valence-electron chi connectivity index (χ4n) is 1.76. The van der Waals surface area contributed by atoms with Crippen molar-refractivity contribution in [2.45, 2.75) is 26.4 Å². The molecule has 0 spiro atoms. The van der Waals surface area contributed by atoms with E-state index in [4.69, 9.17) is 14.6 Å². The van der Waals surface area contributed by atoms with Crippen LogP contribution >= 0.6 is 15.9 Å². The summed E-state index contributed by atoms with van der Waals surface area (Å²) >= 11 is 3.43. The maximum absolute atomic E-state index is 11.0. The Balaban J connectivity index is 2.74. The van der Waals surface area contributed by atoms with E-state index >= 15 is 0 Å². The third kappa shape index (κ3) is 6.03. The number of carboxylic acids is 1. The van der Waals surface area contributed by atoms with Gasteiger partial charge in [-0.15, -0.1) is 0 Å². The van der Waals surface area contributed by atoms with Gasteiger partial charge >= 0.3 is 5.97 Å². The molecule has 5 nitrogen and oxygen atoms in total. The number of carbonyl (C=O) groups is 1. The van der Waals surface area contributed by atoms with E-state index in [1.54, 1.807) is 18.9 Å². The third-order valence-corrected chi connectivity index (χ3v) is 3.64. The molecular weight excluding hydrogens is 338 g/mol. The lowest BCUT2D eigenvalue weighted by atomic mass is 10.1. The highest BCUT2D eigenvalue weighted by Gasteiger charge is 2.18. The second-order valence-electron chi connectivity index (χ2n) is 4.73. The van der Waals surface area contributed by atoms with Crippen molar-refractivity contribution in [1.29, 1.82) is 0 Å². The van der Waals surface area contributed by atoms with Crippen molar-refractivity contribution in [3.05, 3.63) is 28.2 Å². The van der Waals surface area contributed by atoms with E-state index in [-0.39, 0.29) is 0 Å². The van der Waals surface area contributed by atoms with E-state index < -0.39 is 12.0 Å². The highest BCUT2D eigenvalue weighted by atomic mass is 79.9. The summed E-state index contributed by atoms with van der Waals surface area (Å²) in [6, 6.07) is 5.17. The van der Waals surface area contributed by atoms with Gasteiger partial charge in [0.2, 0.25) is 0 Å². The molecule has 21 heavy (non-hydrogen) atoms. The molecule has 1 aromatic rings. The second-order valence-corrected chi connectivity index (χ2v) is 5.64. The molecule has 118 valence electrons. The van der Waals surface area contributed by atoms with Crippen molar-refractivity contribution >= 4 is 21.9 Å². The van der Waals surface area contributed by atoms with Crippen LogP contribution in [0.4, 0.5) is 0 Å². The third-order valence-electron chi connectivity index (χ3n) is 3.15. The molecule has 0 aliphatic rings. The molecule has 1 unspecified atom stereocenters. The summed E-state index contributed by atoms with van der Waals surface area (Å²) in [5.41, 5.74) is 0.941. The zero-order valence-corrected chi connectivity index (χ0v) is 14.2. The first-order chi connectivity index (χ1) is 9.95. The summed E-state index contributed by atoms with van der Waals surface area (Å²) in [7, 11) is 1.78. The molecule has 0 radical (unpaired) electrons. The fraction of sp³-hybridized carbons (Fsp3) is 0.533. The molecule has 1 rings (SSSR count). The van der Waals surface area contributed by atoms with E-state index in [1.807, 2.05) is 25.1 Å². The minimum atomic E-state index is -0.841. The van der Waals surface area contributed by atoms with E-state index in [1.165, 1.54) is 0 Å². The summed E-state index contributed by atoms with van der Waals surface area (Å²) in [6.07, 6.45) is 0. The van der Waals surface area contributed by atoms with Crippen LogP contribution in [-0.4, -0.2) is 48.9 Å². The van der Waals surface area contributed by atoms with Crippen molar-refractivity contribution in [2.75, 3.05) is 26.9 Å². The molecule has 0 aliphatic heterocycles. The number of hydrogen-bond donors (Lipinski definition) is 1. The first-order valence-corrected chi connectivity index (χ1v) is 7.67. The smallest absolute Gasteiger partial charge is 0.320 e. The number of carboxylic acid groups (broad SMARTS) is 1. The van der Waals surface area contributed by atoms with E-state index in [2.05, 4.69) is 15.9 Å². The predicted molar refractivity (Wildman–Crippen MR) is 84.7 cm³/mol. The molecule has 0 aromatic heterocycles. The molecule has 0 saturated carbocycles. The van der Waals surface area contributed by atoms with Gasteiger partial charge in [0.15, 0.2) is 0 Å². The van der Waals surface area contributed by atoms with Gasteiger partial charge in [-0.05, 0) is 39.1 Å². The number of aliphatic carboxylic acids is 1. The Labute approximate surface area is 134 Å². The maximum atomic E-state index is 11.0. The van der Waals surface area contributed by atoms with Crippen molar-refractivity contribution in [3.63, 3.8) is 0 Å². The highest BCUT2D eigenvalue weighted by Crippen LogP contribution is 2.25. The summed E-state index contributed by atoms with van der Waals surface area (Å²) in [4.78, 5) is 12.8. The Morgan fingerprint density at radius 2 is 2.14 bits per heavy atom. The second kappa shape index (κ2) is 9.02. The summed E-state index contributed by atoms with van der Waals surface area (Å²) in [6.45, 7) is 5.77. The Hall–Kier alpha value is -1.11. The van der Waals surface area contributed by atoms with Gasteiger partial charge < -0.3 is 14.6 Å². The zero-order valence-electron chi connectivity index (χ0n) is 12.6. The molecule has 0 fully saturated rings. The summed E-state index contributed by atoms with van der Waals surface area (Å²) in [5.74, 6) is -0.0892. The average Bonchev–Trinajstić information content (AvgIpc) is 2.44. The van der Waals surface area contributed by atoms with Gasteiger partial charge in [0.1, 0.15) is 18.4 Å². The topological polar surface area (TPSA) is 59.0 Å². The van der Waals surface area contributed by atoms with Crippen molar-refractivity contribution in [3.8, 4) is 5.75 Å². The molecule has 0 saturated heterocycles. The number of hydrogen-bond acceptors (Lipinski definition) is 4. The molecule has 0 aliphatic carbocycles. The van der Waals surface area contributed by atoms with Gasteiger partial charge in [-0.1, -0.05) is 15.9 Å². The van der Waals surface area contributed by atoms with Crippen LogP contribution in [-0.2, 0) is 16.1 Å². The van der Waals surface area contributed by atoms with Gasteiger partial charge in [-0.25, -0.2) is 0 Å². The Kier molecular flexibility index (Phi) is 7.71. The lowest BCUT2D eigenvalue weighted by Gasteiger charge is -2.22.